The van der Waals surface area contributed by atoms with E-state index in [0.29, 0.717) is 48.0 Å². The van der Waals surface area contributed by atoms with E-state index in [4.69, 9.17) is 9.84 Å². The van der Waals surface area contributed by atoms with Crippen LogP contribution in [-0.2, 0) is 10.7 Å². The van der Waals surface area contributed by atoms with Gasteiger partial charge in [-0.25, -0.2) is 9.97 Å². The number of carbonyl (C=O) groups is 1. The number of anilines is 1. The first-order chi connectivity index (χ1) is 17.1. The number of nitrogens with zero attached hydrogens (tertiary/aromatic N) is 3. The molecule has 1 aromatic heterocycles. The fourth-order valence-electron chi connectivity index (χ4n) is 4.42. The summed E-state index contributed by atoms with van der Waals surface area (Å²) in [5.41, 5.74) is 3.07. The number of rotatable bonds is 7. The number of hydrogen-bond acceptors (Lipinski definition) is 6. The number of hydrogen-bond donors (Lipinski definition) is 2. The van der Waals surface area contributed by atoms with E-state index >= 15 is 0 Å². The number of ether oxygens (including phenoxy) is 1. The number of benzene rings is 2. The summed E-state index contributed by atoms with van der Waals surface area (Å²) in [4.78, 5) is 22.7. The van der Waals surface area contributed by atoms with Crippen molar-refractivity contribution < 1.29 is 23.4 Å². The number of nitrogens with one attached hydrogen (secondary N) is 1. The first-order valence-corrected chi connectivity index (χ1v) is 11.8. The highest BCUT2D eigenvalue weighted by molar-refractivity contribution is 5.94. The van der Waals surface area contributed by atoms with E-state index < -0.39 is 12.5 Å². The number of alkyl halides is 2. The third kappa shape index (κ3) is 5.16. The lowest BCUT2D eigenvalue weighted by Gasteiger charge is -2.26. The number of aliphatic hydroxyl groups excluding tert-OH is 1. The summed E-state index contributed by atoms with van der Waals surface area (Å²) in [5, 5.41) is 13.2. The molecule has 0 saturated carbocycles. The molecule has 4 rings (SSSR count). The van der Waals surface area contributed by atoms with Crippen LogP contribution in [0.5, 0.6) is 5.75 Å². The van der Waals surface area contributed by atoms with Crippen molar-refractivity contribution in [2.75, 3.05) is 32.1 Å². The summed E-state index contributed by atoms with van der Waals surface area (Å²) >= 11 is 0. The van der Waals surface area contributed by atoms with E-state index in [1.165, 1.54) is 12.1 Å². The maximum absolute atomic E-state index is 14.0. The second-order valence-corrected chi connectivity index (χ2v) is 8.99. The Morgan fingerprint density at radius 1 is 1.28 bits per heavy atom. The van der Waals surface area contributed by atoms with Crippen LogP contribution in [0.15, 0.2) is 42.5 Å². The number of amides is 1. The van der Waals surface area contributed by atoms with Gasteiger partial charge < -0.3 is 20.1 Å². The minimum absolute atomic E-state index is 0.0425. The van der Waals surface area contributed by atoms with Gasteiger partial charge in [0.05, 0.1) is 12.6 Å². The quantitative estimate of drug-likeness (QED) is 0.487. The molecule has 1 aliphatic heterocycles. The topological polar surface area (TPSA) is 87.6 Å². The van der Waals surface area contributed by atoms with Crippen LogP contribution < -0.4 is 10.1 Å². The number of methoxy groups -OCH3 is 1. The molecule has 190 valence electrons. The average Bonchev–Trinajstić information content (AvgIpc) is 2.88. The SMILES string of the molecule is COc1cc2nc(C)nc(N[C@H](C)c3cccc(C(F)(F)CO)c3)c2cc1C1=CCN(C(C)=O)CC1. The van der Waals surface area contributed by atoms with E-state index in [2.05, 4.69) is 15.3 Å². The number of halogens is 2. The maximum Gasteiger partial charge on any atom is 0.295 e. The molecule has 1 atom stereocenters. The monoisotopic (exact) mass is 496 g/mol. The molecule has 36 heavy (non-hydrogen) atoms. The molecular formula is C27H30F2N4O3. The summed E-state index contributed by atoms with van der Waals surface area (Å²) in [6, 6.07) is 9.52. The molecule has 0 unspecified atom stereocenters. The molecule has 7 nitrogen and oxygen atoms in total. The Balaban J connectivity index is 1.72. The Morgan fingerprint density at radius 2 is 2.06 bits per heavy atom. The molecule has 1 aliphatic rings. The minimum Gasteiger partial charge on any atom is -0.496 e. The van der Waals surface area contributed by atoms with Crippen molar-refractivity contribution >= 4 is 28.2 Å². The van der Waals surface area contributed by atoms with Gasteiger partial charge in [0.2, 0.25) is 5.91 Å². The van der Waals surface area contributed by atoms with Crippen molar-refractivity contribution in [2.24, 2.45) is 0 Å². The van der Waals surface area contributed by atoms with Crippen LogP contribution >= 0.6 is 0 Å². The third-order valence-electron chi connectivity index (χ3n) is 6.49. The van der Waals surface area contributed by atoms with E-state index in [-0.39, 0.29) is 17.5 Å². The van der Waals surface area contributed by atoms with Gasteiger partial charge in [0.1, 0.15) is 24.0 Å². The zero-order valence-electron chi connectivity index (χ0n) is 20.8. The standard InChI is InChI=1S/C27H30F2N4O3/c1-16(20-6-5-7-21(12-20)27(28,29)15-34)30-26-23-13-22(19-8-10-33(11-9-19)18(3)35)25(36-4)14-24(23)31-17(2)32-26/h5-8,12-14,16,34H,9-11,15H2,1-4H3,(H,30,31,32)/t16-/m1/s1. The predicted octanol–water partition coefficient (Wildman–Crippen LogP) is 4.84. The zero-order chi connectivity index (χ0) is 26.0. The number of aliphatic hydroxyl groups is 1. The van der Waals surface area contributed by atoms with Gasteiger partial charge in [0.25, 0.3) is 5.92 Å². The molecule has 1 amide bonds. The highest BCUT2D eigenvalue weighted by Crippen LogP contribution is 2.37. The fourth-order valence-corrected chi connectivity index (χ4v) is 4.42. The van der Waals surface area contributed by atoms with Crippen LogP contribution in [0.1, 0.15) is 48.8 Å². The minimum atomic E-state index is -3.31. The van der Waals surface area contributed by atoms with Gasteiger partial charge >= 0.3 is 0 Å². The average molecular weight is 497 g/mol. The summed E-state index contributed by atoms with van der Waals surface area (Å²) in [6.07, 6.45) is 2.73. The van der Waals surface area contributed by atoms with Crippen molar-refractivity contribution in [1.82, 2.24) is 14.9 Å². The van der Waals surface area contributed by atoms with Crippen LogP contribution in [0, 0.1) is 6.92 Å². The number of aryl methyl sites for hydroxylation is 1. The Morgan fingerprint density at radius 3 is 2.69 bits per heavy atom. The van der Waals surface area contributed by atoms with E-state index in [9.17, 15) is 13.6 Å². The molecule has 0 saturated heterocycles. The largest absolute Gasteiger partial charge is 0.496 e. The van der Waals surface area contributed by atoms with Crippen molar-refractivity contribution in [1.29, 1.82) is 0 Å². The van der Waals surface area contributed by atoms with Gasteiger partial charge in [-0.3, -0.25) is 4.79 Å². The molecule has 2 N–H and O–H groups in total. The highest BCUT2D eigenvalue weighted by Gasteiger charge is 2.31. The van der Waals surface area contributed by atoms with Gasteiger partial charge in [-0.1, -0.05) is 24.3 Å². The maximum atomic E-state index is 14.0. The number of carbonyl (C=O) groups excluding carboxylic acids is 1. The summed E-state index contributed by atoms with van der Waals surface area (Å²) in [6.45, 7) is 5.13. The van der Waals surface area contributed by atoms with Gasteiger partial charge in [0, 0.05) is 48.6 Å². The molecule has 0 fully saturated rings. The van der Waals surface area contributed by atoms with Crippen LogP contribution in [-0.4, -0.2) is 52.7 Å². The summed E-state index contributed by atoms with van der Waals surface area (Å²) < 4.78 is 33.8. The van der Waals surface area contributed by atoms with Crippen molar-refractivity contribution in [3.05, 3.63) is 65.0 Å². The van der Waals surface area contributed by atoms with Gasteiger partial charge in [-0.05, 0) is 43.5 Å². The Kier molecular flexibility index (Phi) is 7.21. The molecule has 0 radical (unpaired) electrons. The Labute approximate surface area is 208 Å². The van der Waals surface area contributed by atoms with Crippen molar-refractivity contribution in [2.45, 2.75) is 39.2 Å². The zero-order valence-corrected chi connectivity index (χ0v) is 20.8. The molecule has 0 aliphatic carbocycles. The van der Waals surface area contributed by atoms with Gasteiger partial charge in [-0.2, -0.15) is 8.78 Å². The number of aromatic nitrogens is 2. The Hall–Kier alpha value is -3.59. The second kappa shape index (κ2) is 10.2. The first-order valence-electron chi connectivity index (χ1n) is 11.8. The van der Waals surface area contributed by atoms with Crippen LogP contribution in [0.3, 0.4) is 0 Å². The highest BCUT2D eigenvalue weighted by atomic mass is 19.3. The molecule has 0 bridgehead atoms. The molecule has 3 aromatic rings. The third-order valence-corrected chi connectivity index (χ3v) is 6.49. The molecule has 2 aromatic carbocycles. The van der Waals surface area contributed by atoms with Crippen molar-refractivity contribution in [3.8, 4) is 5.75 Å². The van der Waals surface area contributed by atoms with E-state index in [0.717, 1.165) is 16.5 Å². The summed E-state index contributed by atoms with van der Waals surface area (Å²) in [7, 11) is 1.61. The van der Waals surface area contributed by atoms with Gasteiger partial charge in [0.15, 0.2) is 0 Å². The van der Waals surface area contributed by atoms with Crippen LogP contribution in [0.25, 0.3) is 16.5 Å². The van der Waals surface area contributed by atoms with E-state index in [1.807, 2.05) is 25.1 Å². The molecular weight excluding hydrogens is 466 g/mol. The molecule has 2 heterocycles. The molecule has 9 heteroatoms. The lowest BCUT2D eigenvalue weighted by Crippen LogP contribution is -2.32. The fraction of sp³-hybridized carbons (Fsp3) is 0.370. The normalized spacial score (nSPS) is 15.0. The Bertz CT molecular complexity index is 1330. The predicted molar refractivity (Wildman–Crippen MR) is 135 cm³/mol. The van der Waals surface area contributed by atoms with E-state index in [1.54, 1.807) is 38.0 Å². The lowest BCUT2D eigenvalue weighted by molar-refractivity contribution is -0.128. The smallest absolute Gasteiger partial charge is 0.295 e. The molecule has 0 spiro atoms. The second-order valence-electron chi connectivity index (χ2n) is 8.99. The van der Waals surface area contributed by atoms with Crippen LogP contribution in [0.4, 0.5) is 14.6 Å². The lowest BCUT2D eigenvalue weighted by atomic mass is 9.96. The first kappa shape index (κ1) is 25.5. The number of fused-ring (bicyclic) bond motifs is 1. The summed E-state index contributed by atoms with van der Waals surface area (Å²) in [5.74, 6) is -1.45. The van der Waals surface area contributed by atoms with Crippen molar-refractivity contribution in [3.63, 3.8) is 0 Å². The van der Waals surface area contributed by atoms with Crippen LogP contribution in [0.2, 0.25) is 0 Å². The van der Waals surface area contributed by atoms with Gasteiger partial charge in [-0.15, -0.1) is 0 Å².